The Morgan fingerprint density at radius 1 is 1.43 bits per heavy atom. The number of Topliss-reactive ketones (excluding diaryl/α,β-unsaturated/α-hetero) is 1. The van der Waals surface area contributed by atoms with Crippen LogP contribution < -0.4 is 0 Å². The molecule has 0 aliphatic carbocycles. The van der Waals surface area contributed by atoms with Gasteiger partial charge in [0, 0.05) is 11.1 Å². The summed E-state index contributed by atoms with van der Waals surface area (Å²) >= 11 is 0. The van der Waals surface area contributed by atoms with Crippen LogP contribution in [0.1, 0.15) is 28.4 Å². The van der Waals surface area contributed by atoms with Gasteiger partial charge in [0.05, 0.1) is 0 Å². The molecule has 0 spiro atoms. The molecule has 14 heavy (non-hydrogen) atoms. The summed E-state index contributed by atoms with van der Waals surface area (Å²) in [7, 11) is 0. The predicted molar refractivity (Wildman–Crippen MR) is 54.1 cm³/mol. The van der Waals surface area contributed by atoms with Crippen LogP contribution in [0.15, 0.2) is 18.2 Å². The van der Waals surface area contributed by atoms with Crippen molar-refractivity contribution >= 4 is 12.1 Å². The monoisotopic (exact) mass is 186 g/mol. The van der Waals surface area contributed by atoms with Crippen LogP contribution in [0.3, 0.4) is 0 Å². The fraction of sp³-hybridized carbons (Fsp3) is 0.167. The number of carbonyl (C=O) groups excluding carboxylic acids is 2. The Balaban J connectivity index is 3.21. The summed E-state index contributed by atoms with van der Waals surface area (Å²) in [6.45, 7) is 3.39. The third kappa shape index (κ3) is 2.30. The molecule has 0 unspecified atom stereocenters. The second-order valence-corrected chi connectivity index (χ2v) is 2.97. The average Bonchev–Trinajstić information content (AvgIpc) is 2.16. The fourth-order valence-corrected chi connectivity index (χ4v) is 1.08. The number of ketones is 1. The second-order valence-electron chi connectivity index (χ2n) is 2.97. The molecule has 0 radical (unpaired) electrons. The molecule has 0 N–H and O–H groups in total. The van der Waals surface area contributed by atoms with Crippen molar-refractivity contribution in [2.45, 2.75) is 13.8 Å². The minimum absolute atomic E-state index is 0.000784. The number of hydrogen-bond donors (Lipinski definition) is 0. The second kappa shape index (κ2) is 4.38. The molecule has 0 fully saturated rings. The van der Waals surface area contributed by atoms with Crippen LogP contribution >= 0.6 is 0 Å². The molecular formula is C12H10O2. The molecule has 0 amide bonds. The van der Waals surface area contributed by atoms with Crippen molar-refractivity contribution in [3.63, 3.8) is 0 Å². The molecule has 2 nitrogen and oxygen atoms in total. The molecule has 0 aliphatic rings. The molecule has 0 heterocycles. The maximum absolute atomic E-state index is 11.1. The van der Waals surface area contributed by atoms with E-state index in [1.165, 1.54) is 6.92 Å². The van der Waals surface area contributed by atoms with Crippen molar-refractivity contribution in [3.8, 4) is 11.8 Å². The molecule has 1 aromatic carbocycles. The zero-order valence-electron chi connectivity index (χ0n) is 8.13. The first-order valence-corrected chi connectivity index (χ1v) is 4.22. The standard InChI is InChI=1S/C12H10O2/c1-9-5-6-12(10(2)14)8-11(9)4-3-7-13/h5-8H,1-2H3. The summed E-state index contributed by atoms with van der Waals surface area (Å²) in [5.41, 5.74) is 2.31. The molecule has 0 atom stereocenters. The van der Waals surface area contributed by atoms with Crippen LogP contribution in [0.2, 0.25) is 0 Å². The average molecular weight is 186 g/mol. The van der Waals surface area contributed by atoms with Gasteiger partial charge >= 0.3 is 0 Å². The van der Waals surface area contributed by atoms with Gasteiger partial charge < -0.3 is 0 Å². The van der Waals surface area contributed by atoms with Gasteiger partial charge in [0.2, 0.25) is 0 Å². The zero-order valence-corrected chi connectivity index (χ0v) is 8.13. The van der Waals surface area contributed by atoms with Gasteiger partial charge in [-0.3, -0.25) is 9.59 Å². The third-order valence-electron chi connectivity index (χ3n) is 1.91. The first kappa shape index (κ1) is 10.2. The van der Waals surface area contributed by atoms with Gasteiger partial charge in [0.25, 0.3) is 0 Å². The van der Waals surface area contributed by atoms with Gasteiger partial charge in [-0.15, -0.1) is 0 Å². The number of benzene rings is 1. The summed E-state index contributed by atoms with van der Waals surface area (Å²) < 4.78 is 0. The number of hydrogen-bond acceptors (Lipinski definition) is 2. The minimum atomic E-state index is -0.000784. The van der Waals surface area contributed by atoms with Crippen LogP contribution in [0.5, 0.6) is 0 Å². The van der Waals surface area contributed by atoms with Crippen molar-refractivity contribution in [1.82, 2.24) is 0 Å². The van der Waals surface area contributed by atoms with Gasteiger partial charge in [-0.05, 0) is 31.4 Å². The lowest BCUT2D eigenvalue weighted by Gasteiger charge is -2.00. The van der Waals surface area contributed by atoms with Crippen molar-refractivity contribution in [2.24, 2.45) is 0 Å². The van der Waals surface area contributed by atoms with E-state index in [4.69, 9.17) is 0 Å². The number of rotatable bonds is 1. The Bertz CT molecular complexity index is 433. The Morgan fingerprint density at radius 2 is 2.14 bits per heavy atom. The van der Waals surface area contributed by atoms with E-state index in [9.17, 15) is 9.59 Å². The Morgan fingerprint density at radius 3 is 2.71 bits per heavy atom. The highest BCUT2D eigenvalue weighted by molar-refractivity contribution is 5.94. The third-order valence-corrected chi connectivity index (χ3v) is 1.91. The number of aldehydes is 1. The van der Waals surface area contributed by atoms with Gasteiger partial charge in [0.15, 0.2) is 12.1 Å². The molecule has 0 aromatic heterocycles. The van der Waals surface area contributed by atoms with E-state index in [0.717, 1.165) is 11.1 Å². The fourth-order valence-electron chi connectivity index (χ4n) is 1.08. The van der Waals surface area contributed by atoms with Gasteiger partial charge in [0.1, 0.15) is 0 Å². The molecule has 0 bridgehead atoms. The molecule has 0 saturated heterocycles. The van der Waals surface area contributed by atoms with Crippen molar-refractivity contribution in [3.05, 3.63) is 34.9 Å². The lowest BCUT2D eigenvalue weighted by Crippen LogP contribution is -1.94. The normalized spacial score (nSPS) is 8.71. The van der Waals surface area contributed by atoms with Gasteiger partial charge in [-0.1, -0.05) is 18.1 Å². The number of aryl methyl sites for hydroxylation is 1. The molecule has 0 aliphatic heterocycles. The summed E-state index contributed by atoms with van der Waals surface area (Å²) in [6, 6.07) is 5.28. The van der Waals surface area contributed by atoms with Crippen LogP contribution in [-0.2, 0) is 4.79 Å². The van der Waals surface area contributed by atoms with Crippen molar-refractivity contribution < 1.29 is 9.59 Å². The summed E-state index contributed by atoms with van der Waals surface area (Å²) in [6.07, 6.45) is 0.542. The summed E-state index contributed by atoms with van der Waals surface area (Å²) in [5, 5.41) is 0. The highest BCUT2D eigenvalue weighted by Crippen LogP contribution is 2.10. The van der Waals surface area contributed by atoms with Crippen molar-refractivity contribution in [1.29, 1.82) is 0 Å². The first-order chi connectivity index (χ1) is 6.65. The SMILES string of the molecule is CC(=O)c1ccc(C)c(C#CC=O)c1. The van der Waals surface area contributed by atoms with E-state index in [0.29, 0.717) is 11.8 Å². The van der Waals surface area contributed by atoms with Gasteiger partial charge in [-0.2, -0.15) is 0 Å². The Hall–Kier alpha value is -1.88. The maximum Gasteiger partial charge on any atom is 0.193 e. The van der Waals surface area contributed by atoms with E-state index in [1.807, 2.05) is 13.0 Å². The smallest absolute Gasteiger partial charge is 0.193 e. The highest BCUT2D eigenvalue weighted by Gasteiger charge is 2.01. The number of carbonyl (C=O) groups is 2. The molecule has 2 heteroatoms. The quantitative estimate of drug-likeness (QED) is 0.380. The largest absolute Gasteiger partial charge is 0.295 e. The van der Waals surface area contributed by atoms with E-state index in [-0.39, 0.29) is 5.78 Å². The van der Waals surface area contributed by atoms with Crippen LogP contribution in [0.4, 0.5) is 0 Å². The topological polar surface area (TPSA) is 34.1 Å². The van der Waals surface area contributed by atoms with E-state index < -0.39 is 0 Å². The molecule has 1 aromatic rings. The van der Waals surface area contributed by atoms with Crippen LogP contribution in [0, 0.1) is 18.8 Å². The lowest BCUT2D eigenvalue weighted by atomic mass is 10.0. The maximum atomic E-state index is 11.1. The first-order valence-electron chi connectivity index (χ1n) is 4.22. The van der Waals surface area contributed by atoms with Crippen LogP contribution in [-0.4, -0.2) is 12.1 Å². The molecule has 1 rings (SSSR count). The van der Waals surface area contributed by atoms with E-state index in [1.54, 1.807) is 12.1 Å². The minimum Gasteiger partial charge on any atom is -0.295 e. The summed E-state index contributed by atoms with van der Waals surface area (Å²) in [5.74, 6) is 5.02. The highest BCUT2D eigenvalue weighted by atomic mass is 16.1. The van der Waals surface area contributed by atoms with Gasteiger partial charge in [-0.25, -0.2) is 0 Å². The zero-order chi connectivity index (χ0) is 10.6. The summed E-state index contributed by atoms with van der Waals surface area (Å²) in [4.78, 5) is 21.1. The molecular weight excluding hydrogens is 176 g/mol. The van der Waals surface area contributed by atoms with Crippen LogP contribution in [0.25, 0.3) is 0 Å². The molecule has 70 valence electrons. The predicted octanol–water partition coefficient (Wildman–Crippen LogP) is 1.75. The lowest BCUT2D eigenvalue weighted by molar-refractivity contribution is -0.103. The Kier molecular flexibility index (Phi) is 3.19. The van der Waals surface area contributed by atoms with E-state index in [2.05, 4.69) is 11.8 Å². The van der Waals surface area contributed by atoms with Crippen molar-refractivity contribution in [2.75, 3.05) is 0 Å². The molecule has 0 saturated carbocycles. The van der Waals surface area contributed by atoms with E-state index >= 15 is 0 Å². The Labute approximate surface area is 82.9 Å².